The van der Waals surface area contributed by atoms with Gasteiger partial charge in [-0.2, -0.15) is 0 Å². The molecule has 0 aliphatic carbocycles. The summed E-state index contributed by atoms with van der Waals surface area (Å²) < 4.78 is 6.12. The second-order valence-corrected chi connectivity index (χ2v) is 5.23. The lowest BCUT2D eigenvalue weighted by Gasteiger charge is -2.20. The lowest BCUT2D eigenvalue weighted by Crippen LogP contribution is -2.11. The van der Waals surface area contributed by atoms with E-state index in [0.717, 1.165) is 10.8 Å². The molecule has 0 N–H and O–H groups in total. The highest BCUT2D eigenvalue weighted by molar-refractivity contribution is 9.10. The van der Waals surface area contributed by atoms with Gasteiger partial charge in [-0.25, -0.2) is 0 Å². The van der Waals surface area contributed by atoms with Crippen LogP contribution in [0.5, 0.6) is 5.75 Å². The van der Waals surface area contributed by atoms with Crippen LogP contribution in [0.2, 0.25) is 0 Å². The van der Waals surface area contributed by atoms with Crippen molar-refractivity contribution < 1.29 is 9.53 Å². The normalized spacial score (nSPS) is 11.2. The summed E-state index contributed by atoms with van der Waals surface area (Å²) >= 11 is 3.43. The van der Waals surface area contributed by atoms with E-state index in [1.807, 2.05) is 18.2 Å². The summed E-state index contributed by atoms with van der Waals surface area (Å²) in [6.07, 6.45) is 0.740. The van der Waals surface area contributed by atoms with Gasteiger partial charge in [0.05, 0.1) is 4.47 Å². The van der Waals surface area contributed by atoms with E-state index in [-0.39, 0.29) is 12.0 Å². The van der Waals surface area contributed by atoms with Gasteiger partial charge in [-0.1, -0.05) is 26.8 Å². The Morgan fingerprint density at radius 1 is 1.40 bits per heavy atom. The van der Waals surface area contributed by atoms with Crippen molar-refractivity contribution in [3.05, 3.63) is 28.2 Å². The average molecular weight is 271 g/mol. The minimum atomic E-state index is 0.0907. The maximum Gasteiger partial charge on any atom is 0.157 e. The number of hydrogen-bond acceptors (Lipinski definition) is 2. The number of ether oxygens (including phenoxy) is 1. The monoisotopic (exact) mass is 270 g/mol. The summed E-state index contributed by atoms with van der Waals surface area (Å²) in [5.74, 6) is 0.704. The fourth-order valence-electron chi connectivity index (χ4n) is 1.21. The van der Waals surface area contributed by atoms with E-state index in [2.05, 4.69) is 36.7 Å². The lowest BCUT2D eigenvalue weighted by molar-refractivity contribution is -0.109. The van der Waals surface area contributed by atoms with E-state index < -0.39 is 0 Å². The highest BCUT2D eigenvalue weighted by atomic mass is 79.9. The largest absolute Gasteiger partial charge is 0.485 e. The van der Waals surface area contributed by atoms with Crippen molar-refractivity contribution in [2.45, 2.75) is 26.2 Å². The van der Waals surface area contributed by atoms with Crippen molar-refractivity contribution in [2.75, 3.05) is 6.61 Å². The molecule has 15 heavy (non-hydrogen) atoms. The van der Waals surface area contributed by atoms with Crippen molar-refractivity contribution in [3.8, 4) is 5.75 Å². The van der Waals surface area contributed by atoms with Gasteiger partial charge in [0.1, 0.15) is 12.4 Å². The molecule has 2 nitrogen and oxygen atoms in total. The molecule has 0 atom stereocenters. The highest BCUT2D eigenvalue weighted by Gasteiger charge is 2.15. The van der Waals surface area contributed by atoms with Gasteiger partial charge in [0.25, 0.3) is 0 Å². The van der Waals surface area contributed by atoms with E-state index in [0.29, 0.717) is 5.75 Å². The molecule has 0 fully saturated rings. The molecule has 1 aromatic rings. The van der Waals surface area contributed by atoms with Gasteiger partial charge in [0.2, 0.25) is 0 Å². The number of carbonyl (C=O) groups excluding carboxylic acids is 1. The molecule has 0 aliphatic heterocycles. The van der Waals surface area contributed by atoms with E-state index in [9.17, 15) is 4.79 Å². The molecule has 1 rings (SSSR count). The van der Waals surface area contributed by atoms with Gasteiger partial charge < -0.3 is 4.74 Å². The molecule has 1 aromatic carbocycles. The third-order valence-electron chi connectivity index (χ3n) is 2.10. The maximum atomic E-state index is 10.2. The van der Waals surface area contributed by atoms with Gasteiger partial charge in [-0.05, 0) is 39.0 Å². The first-order chi connectivity index (χ1) is 6.95. The van der Waals surface area contributed by atoms with Crippen molar-refractivity contribution in [1.82, 2.24) is 0 Å². The van der Waals surface area contributed by atoms with Crippen LogP contribution in [0.1, 0.15) is 26.3 Å². The van der Waals surface area contributed by atoms with Crippen molar-refractivity contribution >= 4 is 22.2 Å². The standard InChI is InChI=1S/C12H15BrO2/c1-12(2,3)9-4-5-11(10(13)8-9)15-7-6-14/h4-6,8H,7H2,1-3H3. The van der Waals surface area contributed by atoms with Gasteiger partial charge in [-0.3, -0.25) is 4.79 Å². The maximum absolute atomic E-state index is 10.2. The number of halogens is 1. The van der Waals surface area contributed by atoms with Crippen LogP contribution in [0.3, 0.4) is 0 Å². The Morgan fingerprint density at radius 2 is 2.07 bits per heavy atom. The number of aldehydes is 1. The van der Waals surface area contributed by atoms with Gasteiger partial charge >= 0.3 is 0 Å². The Bertz CT molecular complexity index is 353. The predicted octanol–water partition coefficient (Wildman–Crippen LogP) is 3.32. The first-order valence-corrected chi connectivity index (χ1v) is 5.61. The molecule has 0 amide bonds. The van der Waals surface area contributed by atoms with Crippen molar-refractivity contribution in [3.63, 3.8) is 0 Å². The quantitative estimate of drug-likeness (QED) is 0.788. The van der Waals surface area contributed by atoms with E-state index in [1.54, 1.807) is 0 Å². The zero-order valence-electron chi connectivity index (χ0n) is 9.21. The van der Waals surface area contributed by atoms with Crippen molar-refractivity contribution in [2.24, 2.45) is 0 Å². The number of rotatable bonds is 3. The second-order valence-electron chi connectivity index (χ2n) is 4.37. The smallest absolute Gasteiger partial charge is 0.157 e. The van der Waals surface area contributed by atoms with Crippen LogP contribution in [0.25, 0.3) is 0 Å². The Hall–Kier alpha value is -0.830. The zero-order valence-corrected chi connectivity index (χ0v) is 10.8. The second kappa shape index (κ2) is 4.79. The predicted molar refractivity (Wildman–Crippen MR) is 64.4 cm³/mol. The molecular weight excluding hydrogens is 256 g/mol. The lowest BCUT2D eigenvalue weighted by atomic mass is 9.87. The Morgan fingerprint density at radius 3 is 2.53 bits per heavy atom. The third kappa shape index (κ3) is 3.34. The van der Waals surface area contributed by atoms with Crippen molar-refractivity contribution in [1.29, 1.82) is 0 Å². The molecule has 0 aliphatic rings. The Labute approximate surface area is 98.8 Å². The minimum Gasteiger partial charge on any atom is -0.485 e. The summed E-state index contributed by atoms with van der Waals surface area (Å²) in [6.45, 7) is 6.55. The molecule has 3 heteroatoms. The average Bonchev–Trinajstić information content (AvgIpc) is 2.14. The number of carbonyl (C=O) groups is 1. The highest BCUT2D eigenvalue weighted by Crippen LogP contribution is 2.31. The molecule has 0 heterocycles. The molecule has 0 spiro atoms. The summed E-state index contributed by atoms with van der Waals surface area (Å²) in [5, 5.41) is 0. The summed E-state index contributed by atoms with van der Waals surface area (Å²) in [6, 6.07) is 5.93. The van der Waals surface area contributed by atoms with Crippen LogP contribution in [0, 0.1) is 0 Å². The summed E-state index contributed by atoms with van der Waals surface area (Å²) in [7, 11) is 0. The molecule has 0 bridgehead atoms. The van der Waals surface area contributed by atoms with E-state index in [1.165, 1.54) is 5.56 Å². The molecule has 0 aromatic heterocycles. The first-order valence-electron chi connectivity index (χ1n) is 4.81. The van der Waals surface area contributed by atoms with Crippen LogP contribution < -0.4 is 4.74 Å². The molecule has 0 saturated heterocycles. The first kappa shape index (κ1) is 12.2. The minimum absolute atomic E-state index is 0.0907. The van der Waals surface area contributed by atoms with E-state index in [4.69, 9.17) is 4.74 Å². The van der Waals surface area contributed by atoms with Gasteiger partial charge in [-0.15, -0.1) is 0 Å². The molecule has 82 valence electrons. The third-order valence-corrected chi connectivity index (χ3v) is 2.72. The number of benzene rings is 1. The number of hydrogen-bond donors (Lipinski definition) is 0. The molecule has 0 saturated carbocycles. The Kier molecular flexibility index (Phi) is 3.91. The molecule has 0 radical (unpaired) electrons. The van der Waals surface area contributed by atoms with Crippen LogP contribution in [-0.4, -0.2) is 12.9 Å². The topological polar surface area (TPSA) is 26.3 Å². The van der Waals surface area contributed by atoms with Crippen LogP contribution >= 0.6 is 15.9 Å². The molecular formula is C12H15BrO2. The SMILES string of the molecule is CC(C)(C)c1ccc(OCC=O)c(Br)c1. The van der Waals surface area contributed by atoms with Gasteiger partial charge in [0.15, 0.2) is 6.29 Å². The van der Waals surface area contributed by atoms with Crippen LogP contribution in [0.15, 0.2) is 22.7 Å². The van der Waals surface area contributed by atoms with Gasteiger partial charge in [0, 0.05) is 0 Å². The summed E-state index contributed by atoms with van der Waals surface area (Å²) in [4.78, 5) is 10.2. The van der Waals surface area contributed by atoms with Crippen LogP contribution in [-0.2, 0) is 10.2 Å². The van der Waals surface area contributed by atoms with Crippen LogP contribution in [0.4, 0.5) is 0 Å². The van der Waals surface area contributed by atoms with E-state index >= 15 is 0 Å². The summed E-state index contributed by atoms with van der Waals surface area (Å²) in [5.41, 5.74) is 1.35. The fraction of sp³-hybridized carbons (Fsp3) is 0.417. The fourth-order valence-corrected chi connectivity index (χ4v) is 1.70. The zero-order chi connectivity index (χ0) is 11.5. The molecule has 0 unspecified atom stereocenters. The Balaban J connectivity index is 2.93.